The fourth-order valence-corrected chi connectivity index (χ4v) is 4.63. The van der Waals surface area contributed by atoms with E-state index in [1.807, 2.05) is 23.1 Å². The predicted octanol–water partition coefficient (Wildman–Crippen LogP) is 2.57. The Kier molecular flexibility index (Phi) is 7.57. The number of aryl methyl sites for hydroxylation is 1. The maximum atomic E-state index is 13.0. The van der Waals surface area contributed by atoms with Crippen molar-refractivity contribution in [1.29, 1.82) is 0 Å². The predicted molar refractivity (Wildman–Crippen MR) is 135 cm³/mol. The Morgan fingerprint density at radius 1 is 1.18 bits per heavy atom. The summed E-state index contributed by atoms with van der Waals surface area (Å²) in [4.78, 5) is 39.0. The van der Waals surface area contributed by atoms with E-state index in [1.165, 1.54) is 5.56 Å². The van der Waals surface area contributed by atoms with Crippen LogP contribution in [0.4, 0.5) is 5.82 Å². The lowest BCUT2D eigenvalue weighted by Gasteiger charge is -2.33. The highest BCUT2D eigenvalue weighted by Gasteiger charge is 2.28. The van der Waals surface area contributed by atoms with Gasteiger partial charge in [-0.2, -0.15) is 0 Å². The molecule has 1 fully saturated rings. The van der Waals surface area contributed by atoms with Gasteiger partial charge in [0.2, 0.25) is 5.91 Å². The van der Waals surface area contributed by atoms with E-state index in [1.54, 1.807) is 17.8 Å². The number of hydrogen-bond donors (Lipinski definition) is 1. The topological polar surface area (TPSA) is 83.4 Å². The first-order valence-electron chi connectivity index (χ1n) is 12.1. The van der Waals surface area contributed by atoms with Gasteiger partial charge in [0, 0.05) is 51.4 Å². The molecule has 180 valence electrons. The molecule has 4 rings (SSSR count). The van der Waals surface area contributed by atoms with Crippen molar-refractivity contribution in [3.05, 3.63) is 64.6 Å². The number of aromatic nitrogens is 3. The number of carbonyl (C=O) groups is 1. The molecule has 34 heavy (non-hydrogen) atoms. The van der Waals surface area contributed by atoms with E-state index in [-0.39, 0.29) is 23.4 Å². The van der Waals surface area contributed by atoms with Crippen LogP contribution in [-0.4, -0.2) is 58.1 Å². The van der Waals surface area contributed by atoms with E-state index in [0.717, 1.165) is 19.5 Å². The fraction of sp³-hybridized carbons (Fsp3) is 0.462. The van der Waals surface area contributed by atoms with Crippen molar-refractivity contribution >= 4 is 22.9 Å². The summed E-state index contributed by atoms with van der Waals surface area (Å²) in [5.41, 5.74) is 2.39. The Hall–Kier alpha value is -3.26. The maximum absolute atomic E-state index is 13.0. The highest BCUT2D eigenvalue weighted by molar-refractivity contribution is 5.79. The van der Waals surface area contributed by atoms with Crippen molar-refractivity contribution in [3.63, 3.8) is 0 Å². The van der Waals surface area contributed by atoms with Gasteiger partial charge in [0.05, 0.1) is 0 Å². The first kappa shape index (κ1) is 23.9. The number of anilines is 1. The number of benzene rings is 1. The van der Waals surface area contributed by atoms with Crippen LogP contribution >= 0.6 is 0 Å². The van der Waals surface area contributed by atoms with Crippen molar-refractivity contribution in [2.75, 3.05) is 31.6 Å². The zero-order chi connectivity index (χ0) is 24.1. The van der Waals surface area contributed by atoms with E-state index < -0.39 is 0 Å². The molecule has 1 N–H and O–H groups in total. The van der Waals surface area contributed by atoms with E-state index >= 15 is 0 Å². The molecular weight excluding hydrogens is 428 g/mol. The summed E-state index contributed by atoms with van der Waals surface area (Å²) in [5.74, 6) is 0.509. The van der Waals surface area contributed by atoms with Gasteiger partial charge in [-0.3, -0.25) is 14.2 Å². The van der Waals surface area contributed by atoms with Crippen LogP contribution in [0.2, 0.25) is 0 Å². The Bertz CT molecular complexity index is 1170. The zero-order valence-electron chi connectivity index (χ0n) is 20.3. The van der Waals surface area contributed by atoms with Crippen LogP contribution in [0.5, 0.6) is 0 Å². The maximum Gasteiger partial charge on any atom is 0.294 e. The van der Waals surface area contributed by atoms with Crippen LogP contribution in [0, 0.1) is 5.92 Å². The minimum atomic E-state index is -0.151. The van der Waals surface area contributed by atoms with Crippen LogP contribution in [-0.2, 0) is 18.4 Å². The summed E-state index contributed by atoms with van der Waals surface area (Å²) in [6.45, 7) is 5.05. The second-order valence-electron chi connectivity index (χ2n) is 9.20. The molecule has 3 aromatic rings. The molecule has 2 aromatic heterocycles. The Labute approximate surface area is 200 Å². The molecule has 0 bridgehead atoms. The molecule has 1 aromatic carbocycles. The van der Waals surface area contributed by atoms with Crippen LogP contribution < -0.4 is 15.8 Å². The summed E-state index contributed by atoms with van der Waals surface area (Å²) in [7, 11) is 3.82. The second-order valence-corrected chi connectivity index (χ2v) is 9.20. The molecule has 8 nitrogen and oxygen atoms in total. The molecule has 1 amide bonds. The number of piperidine rings is 1. The molecule has 8 heteroatoms. The normalized spacial score (nSPS) is 15.6. The summed E-state index contributed by atoms with van der Waals surface area (Å²) < 4.78 is 1.55. The highest BCUT2D eigenvalue weighted by Crippen LogP contribution is 2.21. The number of rotatable bonds is 8. The fourth-order valence-electron chi connectivity index (χ4n) is 4.63. The number of pyridine rings is 1. The number of carbonyl (C=O) groups excluding carboxylic acids is 1. The van der Waals surface area contributed by atoms with Gasteiger partial charge in [-0.25, -0.2) is 9.97 Å². The molecule has 0 spiro atoms. The van der Waals surface area contributed by atoms with Crippen LogP contribution in [0.15, 0.2) is 53.5 Å². The summed E-state index contributed by atoms with van der Waals surface area (Å²) in [6, 6.07) is 14.2. The highest BCUT2D eigenvalue weighted by atomic mass is 16.2. The van der Waals surface area contributed by atoms with Gasteiger partial charge >= 0.3 is 0 Å². The minimum absolute atomic E-state index is 0.0456. The lowest BCUT2D eigenvalue weighted by atomic mass is 9.95. The Balaban J connectivity index is 1.33. The monoisotopic (exact) mass is 462 g/mol. The van der Waals surface area contributed by atoms with Crippen molar-refractivity contribution in [3.8, 4) is 0 Å². The van der Waals surface area contributed by atoms with Gasteiger partial charge < -0.3 is 15.1 Å². The van der Waals surface area contributed by atoms with Gasteiger partial charge in [-0.15, -0.1) is 0 Å². The number of amides is 1. The van der Waals surface area contributed by atoms with E-state index in [2.05, 4.69) is 58.4 Å². The number of likely N-dealkylation sites (N-methyl/N-ethyl adjacent to an activating group) is 1. The Morgan fingerprint density at radius 2 is 1.91 bits per heavy atom. The number of fused-ring (bicyclic) bond motifs is 1. The number of nitrogens with zero attached hydrogens (tertiary/aromatic N) is 5. The molecule has 1 atom stereocenters. The van der Waals surface area contributed by atoms with Gasteiger partial charge in [0.15, 0.2) is 11.5 Å². The summed E-state index contributed by atoms with van der Waals surface area (Å²) >= 11 is 0. The third kappa shape index (κ3) is 5.44. The van der Waals surface area contributed by atoms with Crippen LogP contribution in [0.1, 0.15) is 31.7 Å². The largest absolute Gasteiger partial charge is 0.352 e. The van der Waals surface area contributed by atoms with Crippen LogP contribution in [0.25, 0.3) is 11.2 Å². The molecule has 3 heterocycles. The van der Waals surface area contributed by atoms with Gasteiger partial charge in [-0.1, -0.05) is 37.3 Å². The third-order valence-electron chi connectivity index (χ3n) is 6.64. The zero-order valence-corrected chi connectivity index (χ0v) is 20.3. The molecule has 0 aliphatic carbocycles. The van der Waals surface area contributed by atoms with Crippen molar-refractivity contribution < 1.29 is 4.79 Å². The summed E-state index contributed by atoms with van der Waals surface area (Å²) in [6.07, 6.45) is 3.96. The Morgan fingerprint density at radius 3 is 2.62 bits per heavy atom. The molecule has 0 saturated carbocycles. The SMILES string of the molecule is CCC(CN(C)Cc1ccccc1)NC(=O)C1CCN(c2nc3cccnc3n(C)c2=O)CC1. The van der Waals surface area contributed by atoms with Gasteiger partial charge in [0.1, 0.15) is 5.52 Å². The third-order valence-corrected chi connectivity index (χ3v) is 6.64. The van der Waals surface area contributed by atoms with Crippen molar-refractivity contribution in [2.45, 2.75) is 38.8 Å². The van der Waals surface area contributed by atoms with E-state index in [0.29, 0.717) is 42.9 Å². The lowest BCUT2D eigenvalue weighted by Crippen LogP contribution is -2.47. The first-order chi connectivity index (χ1) is 16.5. The second kappa shape index (κ2) is 10.8. The smallest absolute Gasteiger partial charge is 0.294 e. The quantitative estimate of drug-likeness (QED) is 0.554. The molecule has 1 aliphatic rings. The average molecular weight is 463 g/mol. The molecule has 0 radical (unpaired) electrons. The average Bonchev–Trinajstić information content (AvgIpc) is 2.86. The first-order valence-corrected chi connectivity index (χ1v) is 12.1. The van der Waals surface area contributed by atoms with Gasteiger partial charge in [-0.05, 0) is 44.0 Å². The van der Waals surface area contributed by atoms with Crippen molar-refractivity contribution in [1.82, 2.24) is 24.8 Å². The van der Waals surface area contributed by atoms with Crippen LogP contribution in [0.3, 0.4) is 0 Å². The van der Waals surface area contributed by atoms with Gasteiger partial charge in [0.25, 0.3) is 5.56 Å². The molecule has 1 aliphatic heterocycles. The lowest BCUT2D eigenvalue weighted by molar-refractivity contribution is -0.126. The van der Waals surface area contributed by atoms with Crippen molar-refractivity contribution in [2.24, 2.45) is 13.0 Å². The van der Waals surface area contributed by atoms with E-state index in [4.69, 9.17) is 0 Å². The number of nitrogens with one attached hydrogen (secondary N) is 1. The standard InChI is InChI=1S/C26H34N6O2/c1-4-21(18-30(2)17-19-9-6-5-7-10-19)28-25(33)20-12-15-32(16-13-20)24-26(34)31(3)23-22(29-24)11-8-14-27-23/h5-11,14,20-21H,4,12-13,15-18H2,1-3H3,(H,28,33). The van der Waals surface area contributed by atoms with E-state index in [9.17, 15) is 9.59 Å². The number of hydrogen-bond acceptors (Lipinski definition) is 6. The summed E-state index contributed by atoms with van der Waals surface area (Å²) in [5, 5.41) is 3.26. The molecular formula is C26H34N6O2. The minimum Gasteiger partial charge on any atom is -0.352 e. The molecule has 1 saturated heterocycles. The molecule has 1 unspecified atom stereocenters.